The minimum absolute atomic E-state index is 0.0514. The van der Waals surface area contributed by atoms with Gasteiger partial charge in [0.25, 0.3) is 5.91 Å². The number of benzene rings is 2. The van der Waals surface area contributed by atoms with Crippen LogP contribution in [0.5, 0.6) is 0 Å². The number of furan rings is 2. The van der Waals surface area contributed by atoms with E-state index in [-0.39, 0.29) is 11.3 Å². The van der Waals surface area contributed by atoms with Crippen LogP contribution in [0.4, 0.5) is 5.69 Å². The lowest BCUT2D eigenvalue weighted by Gasteiger charge is -2.26. The van der Waals surface area contributed by atoms with Gasteiger partial charge in [-0.25, -0.2) is 0 Å². The van der Waals surface area contributed by atoms with Crippen LogP contribution in [-0.2, 0) is 4.79 Å². The summed E-state index contributed by atoms with van der Waals surface area (Å²) < 4.78 is 11.5. The molecule has 1 unspecified atom stereocenters. The molecular formula is C25H19NO5. The van der Waals surface area contributed by atoms with Crippen molar-refractivity contribution in [3.05, 3.63) is 101 Å². The zero-order chi connectivity index (χ0) is 21.7. The van der Waals surface area contributed by atoms with Crippen molar-refractivity contribution < 1.29 is 23.5 Å². The molecule has 0 fully saturated rings. The number of carbonyl (C=O) groups is 2. The third kappa shape index (κ3) is 2.95. The molecule has 0 bridgehead atoms. The SMILES string of the molecule is Cc1ccc(C2C(C(=O)c3cc4ccccc4o3)=C(O)C(=O)N2c2ccccc2C)o1. The molecule has 6 nitrogen and oxygen atoms in total. The first kappa shape index (κ1) is 18.9. The number of aryl methyl sites for hydroxylation is 2. The van der Waals surface area contributed by atoms with E-state index in [2.05, 4.69) is 0 Å². The van der Waals surface area contributed by atoms with Crippen LogP contribution in [0.15, 0.2) is 86.9 Å². The van der Waals surface area contributed by atoms with Gasteiger partial charge in [0.2, 0.25) is 5.78 Å². The zero-order valence-corrected chi connectivity index (χ0v) is 17.0. The van der Waals surface area contributed by atoms with E-state index < -0.39 is 23.5 Å². The van der Waals surface area contributed by atoms with Crippen molar-refractivity contribution in [1.29, 1.82) is 0 Å². The second-order valence-electron chi connectivity index (χ2n) is 7.55. The number of anilines is 1. The first-order valence-electron chi connectivity index (χ1n) is 9.87. The Labute approximate surface area is 178 Å². The topological polar surface area (TPSA) is 83.9 Å². The second-order valence-corrected chi connectivity index (χ2v) is 7.55. The van der Waals surface area contributed by atoms with Gasteiger partial charge in [0, 0.05) is 11.1 Å². The number of ketones is 1. The van der Waals surface area contributed by atoms with Gasteiger partial charge in [-0.2, -0.15) is 0 Å². The minimum Gasteiger partial charge on any atom is -0.503 e. The van der Waals surface area contributed by atoms with Crippen LogP contribution in [0.25, 0.3) is 11.0 Å². The summed E-state index contributed by atoms with van der Waals surface area (Å²) in [6.45, 7) is 3.64. The Balaban J connectivity index is 1.68. The summed E-state index contributed by atoms with van der Waals surface area (Å²) in [5.74, 6) is -0.750. The maximum absolute atomic E-state index is 13.5. The van der Waals surface area contributed by atoms with Crippen LogP contribution in [0.1, 0.15) is 33.7 Å². The van der Waals surface area contributed by atoms with Crippen molar-refractivity contribution in [3.63, 3.8) is 0 Å². The van der Waals surface area contributed by atoms with E-state index in [0.717, 1.165) is 10.9 Å². The van der Waals surface area contributed by atoms with E-state index in [1.165, 1.54) is 4.90 Å². The summed E-state index contributed by atoms with van der Waals surface area (Å²) in [4.78, 5) is 28.1. The highest BCUT2D eigenvalue weighted by Gasteiger charge is 2.47. The van der Waals surface area contributed by atoms with E-state index >= 15 is 0 Å². The molecule has 0 saturated heterocycles. The molecule has 2 aromatic heterocycles. The van der Waals surface area contributed by atoms with Crippen LogP contribution in [-0.4, -0.2) is 16.8 Å². The lowest BCUT2D eigenvalue weighted by atomic mass is 9.99. The van der Waals surface area contributed by atoms with Crippen LogP contribution in [0, 0.1) is 13.8 Å². The number of para-hydroxylation sites is 2. The maximum atomic E-state index is 13.5. The fourth-order valence-electron chi connectivity index (χ4n) is 4.02. The average Bonchev–Trinajstić information content (AvgIpc) is 3.45. The van der Waals surface area contributed by atoms with Gasteiger partial charge < -0.3 is 13.9 Å². The molecule has 1 aliphatic heterocycles. The Morgan fingerprint density at radius 3 is 2.42 bits per heavy atom. The van der Waals surface area contributed by atoms with Crippen molar-refractivity contribution in [2.75, 3.05) is 4.90 Å². The lowest BCUT2D eigenvalue weighted by molar-refractivity contribution is -0.117. The molecule has 4 aromatic rings. The third-order valence-electron chi connectivity index (χ3n) is 5.51. The molecule has 1 amide bonds. The van der Waals surface area contributed by atoms with Crippen LogP contribution < -0.4 is 4.90 Å². The summed E-state index contributed by atoms with van der Waals surface area (Å²) >= 11 is 0. The lowest BCUT2D eigenvalue weighted by Crippen LogP contribution is -2.31. The quantitative estimate of drug-likeness (QED) is 0.451. The number of hydrogen-bond donors (Lipinski definition) is 1. The number of aliphatic hydroxyl groups excluding tert-OH is 1. The van der Waals surface area contributed by atoms with Gasteiger partial charge in [0.05, 0.1) is 5.57 Å². The van der Waals surface area contributed by atoms with E-state index in [0.29, 0.717) is 22.8 Å². The molecule has 5 rings (SSSR count). The number of hydrogen-bond acceptors (Lipinski definition) is 5. The zero-order valence-electron chi connectivity index (χ0n) is 17.0. The summed E-state index contributed by atoms with van der Waals surface area (Å²) in [5.41, 5.74) is 1.90. The maximum Gasteiger partial charge on any atom is 0.294 e. The molecule has 0 spiro atoms. The summed E-state index contributed by atoms with van der Waals surface area (Å²) in [6.07, 6.45) is 0. The van der Waals surface area contributed by atoms with E-state index in [1.807, 2.05) is 37.3 Å². The number of rotatable bonds is 4. The van der Waals surface area contributed by atoms with Crippen molar-refractivity contribution >= 4 is 28.3 Å². The van der Waals surface area contributed by atoms with E-state index in [9.17, 15) is 14.7 Å². The average molecular weight is 413 g/mol. The Kier molecular flexibility index (Phi) is 4.29. The molecular weight excluding hydrogens is 394 g/mol. The molecule has 154 valence electrons. The predicted octanol–water partition coefficient (Wildman–Crippen LogP) is 5.43. The molecule has 1 N–H and O–H groups in total. The van der Waals surface area contributed by atoms with Crippen molar-refractivity contribution in [1.82, 2.24) is 0 Å². The minimum atomic E-state index is -0.914. The monoisotopic (exact) mass is 413 g/mol. The Morgan fingerprint density at radius 1 is 0.968 bits per heavy atom. The molecule has 0 saturated carbocycles. The van der Waals surface area contributed by atoms with Crippen molar-refractivity contribution in [3.8, 4) is 0 Å². The largest absolute Gasteiger partial charge is 0.503 e. The smallest absolute Gasteiger partial charge is 0.294 e. The standard InChI is InChI=1S/C25H19NO5/c1-14-7-3-5-9-17(14)26-22(19-12-11-15(2)30-19)21(24(28)25(26)29)23(27)20-13-16-8-4-6-10-18(16)31-20/h3-13,22,28H,1-2H3. The summed E-state index contributed by atoms with van der Waals surface area (Å²) in [6, 6.07) is 18.7. The van der Waals surface area contributed by atoms with Gasteiger partial charge in [-0.1, -0.05) is 36.4 Å². The highest BCUT2D eigenvalue weighted by atomic mass is 16.4. The number of aliphatic hydroxyl groups is 1. The molecule has 6 heteroatoms. The van der Waals surface area contributed by atoms with Gasteiger partial charge in [-0.05, 0) is 49.7 Å². The van der Waals surface area contributed by atoms with E-state index in [1.54, 1.807) is 43.3 Å². The molecule has 1 atom stereocenters. The van der Waals surface area contributed by atoms with Crippen LogP contribution >= 0.6 is 0 Å². The Hall–Kier alpha value is -4.06. The first-order chi connectivity index (χ1) is 15.0. The first-order valence-corrected chi connectivity index (χ1v) is 9.87. The van der Waals surface area contributed by atoms with Crippen LogP contribution in [0.3, 0.4) is 0 Å². The number of carbonyl (C=O) groups excluding carboxylic acids is 2. The van der Waals surface area contributed by atoms with E-state index in [4.69, 9.17) is 8.83 Å². The Morgan fingerprint density at radius 2 is 1.71 bits per heavy atom. The fourth-order valence-corrected chi connectivity index (χ4v) is 4.02. The van der Waals surface area contributed by atoms with Crippen molar-refractivity contribution in [2.24, 2.45) is 0 Å². The second kappa shape index (κ2) is 7.02. The molecule has 0 radical (unpaired) electrons. The number of amides is 1. The van der Waals surface area contributed by atoms with Crippen LogP contribution in [0.2, 0.25) is 0 Å². The molecule has 2 aromatic carbocycles. The number of fused-ring (bicyclic) bond motifs is 1. The molecule has 0 aliphatic carbocycles. The number of Topliss-reactive ketones (excluding diaryl/α,β-unsaturated/α-hetero) is 1. The molecule has 1 aliphatic rings. The van der Waals surface area contributed by atoms with Crippen molar-refractivity contribution in [2.45, 2.75) is 19.9 Å². The third-order valence-corrected chi connectivity index (χ3v) is 5.51. The summed E-state index contributed by atoms with van der Waals surface area (Å²) in [7, 11) is 0. The predicted molar refractivity (Wildman–Crippen MR) is 115 cm³/mol. The molecule has 31 heavy (non-hydrogen) atoms. The van der Waals surface area contributed by atoms with Gasteiger partial charge in [-0.3, -0.25) is 14.5 Å². The van der Waals surface area contributed by atoms with Gasteiger partial charge in [0.15, 0.2) is 11.5 Å². The Bertz CT molecular complexity index is 1340. The molecule has 3 heterocycles. The number of nitrogens with zero attached hydrogens (tertiary/aromatic N) is 1. The fraction of sp³-hybridized carbons (Fsp3) is 0.120. The van der Waals surface area contributed by atoms with Gasteiger partial charge >= 0.3 is 0 Å². The normalized spacial score (nSPS) is 16.5. The van der Waals surface area contributed by atoms with Gasteiger partial charge in [0.1, 0.15) is 23.1 Å². The highest BCUT2D eigenvalue weighted by Crippen LogP contribution is 2.43. The van der Waals surface area contributed by atoms with Gasteiger partial charge in [-0.15, -0.1) is 0 Å². The summed E-state index contributed by atoms with van der Waals surface area (Å²) in [5, 5.41) is 11.6. The highest BCUT2D eigenvalue weighted by molar-refractivity contribution is 6.20.